The Morgan fingerprint density at radius 2 is 1.10 bits per heavy atom. The molecule has 1 aliphatic heterocycles. The van der Waals surface area contributed by atoms with Crippen molar-refractivity contribution in [1.29, 1.82) is 0 Å². The van der Waals surface area contributed by atoms with E-state index in [9.17, 15) is 14.0 Å². The molecule has 1 fully saturated rings. The number of nitrogens with zero attached hydrogens (tertiary/aromatic N) is 3. The van der Waals surface area contributed by atoms with Crippen molar-refractivity contribution in [1.82, 2.24) is 19.3 Å². The molecule has 1 unspecified atom stereocenters. The maximum absolute atomic E-state index is 14.0. The monoisotopic (exact) mass is 494 g/mol. The summed E-state index contributed by atoms with van der Waals surface area (Å²) in [5.41, 5.74) is 0. The zero-order valence-corrected chi connectivity index (χ0v) is 22.3. The van der Waals surface area contributed by atoms with E-state index in [1.54, 1.807) is 23.2 Å². The molecule has 1 saturated heterocycles. The number of halogens is 2. The van der Waals surface area contributed by atoms with Crippen LogP contribution in [0.3, 0.4) is 0 Å². The molecule has 1 atom stereocenters. The van der Waals surface area contributed by atoms with Gasteiger partial charge in [-0.3, -0.25) is 9.13 Å². The standard InChI is InChI=1S/C13H31Cl2N3O3P2.C5H11N/c1-7-16(8-2)22(19,17(9-3)10-4)13(14,15)23(20,21)18(11-5)12-6;1-2-4-6-5-3-1/h7-12H2,1-6H3,(H,20,21);6H,1-5H2. The van der Waals surface area contributed by atoms with Crippen molar-refractivity contribution in [3.8, 4) is 0 Å². The fourth-order valence-corrected chi connectivity index (χ4v) is 11.6. The van der Waals surface area contributed by atoms with Crippen LogP contribution in [0.1, 0.15) is 60.8 Å². The highest BCUT2D eigenvalue weighted by atomic mass is 35.5. The van der Waals surface area contributed by atoms with E-state index >= 15 is 0 Å². The fraction of sp³-hybridized carbons (Fsp3) is 1.00. The van der Waals surface area contributed by atoms with Gasteiger partial charge in [-0.1, -0.05) is 71.2 Å². The van der Waals surface area contributed by atoms with Crippen LogP contribution in [0.4, 0.5) is 0 Å². The molecule has 1 aliphatic rings. The number of alkyl halides is 2. The lowest BCUT2D eigenvalue weighted by Crippen LogP contribution is -2.42. The predicted octanol–water partition coefficient (Wildman–Crippen LogP) is 5.24. The highest BCUT2D eigenvalue weighted by molar-refractivity contribution is 7.83. The molecule has 0 amide bonds. The molecule has 7 nitrogen and oxygen atoms in total. The van der Waals surface area contributed by atoms with Gasteiger partial charge < -0.3 is 10.2 Å². The largest absolute Gasteiger partial charge is 0.331 e. The first-order valence-electron chi connectivity index (χ1n) is 10.8. The molecule has 2 N–H and O–H groups in total. The SMILES string of the molecule is C1CCNCC1.CCN(CC)P(=O)(O)C(Cl)(Cl)P(=O)(N(CC)CC)N(CC)CC. The highest BCUT2D eigenvalue weighted by Gasteiger charge is 2.64. The second kappa shape index (κ2) is 14.1. The summed E-state index contributed by atoms with van der Waals surface area (Å²) in [6.07, 6.45) is 4.22. The first-order chi connectivity index (χ1) is 13.6. The molecule has 11 heteroatoms. The van der Waals surface area contributed by atoms with Crippen LogP contribution >= 0.6 is 38.2 Å². The molecule has 0 bridgehead atoms. The molecule has 0 saturated carbocycles. The molecular formula is C18H42Cl2N4O3P2. The number of hydrogen-bond acceptors (Lipinski definition) is 3. The Morgan fingerprint density at radius 3 is 1.31 bits per heavy atom. The van der Waals surface area contributed by atoms with E-state index in [4.69, 9.17) is 23.2 Å². The van der Waals surface area contributed by atoms with Crippen LogP contribution in [0.15, 0.2) is 0 Å². The lowest BCUT2D eigenvalue weighted by Gasteiger charge is -2.46. The molecular weight excluding hydrogens is 453 g/mol. The maximum Gasteiger partial charge on any atom is 0.315 e. The third kappa shape index (κ3) is 6.91. The lowest BCUT2D eigenvalue weighted by atomic mass is 10.2. The third-order valence-electron chi connectivity index (χ3n) is 5.25. The summed E-state index contributed by atoms with van der Waals surface area (Å²) in [6, 6.07) is 0. The molecule has 0 spiro atoms. The van der Waals surface area contributed by atoms with Crippen LogP contribution in [0.25, 0.3) is 0 Å². The molecule has 1 rings (SSSR count). The zero-order valence-electron chi connectivity index (χ0n) is 19.0. The second-order valence-corrected chi connectivity index (χ2v) is 14.8. The van der Waals surface area contributed by atoms with Crippen LogP contribution in [0.5, 0.6) is 0 Å². The van der Waals surface area contributed by atoms with Gasteiger partial charge in [-0.15, -0.1) is 0 Å². The van der Waals surface area contributed by atoms with Crippen molar-refractivity contribution in [3.63, 3.8) is 0 Å². The smallest absolute Gasteiger partial charge is 0.315 e. The summed E-state index contributed by atoms with van der Waals surface area (Å²) in [7, 11) is -7.97. The Hall–Kier alpha value is 0.840. The average Bonchev–Trinajstić information content (AvgIpc) is 2.72. The summed E-state index contributed by atoms with van der Waals surface area (Å²) in [6.45, 7) is 15.6. The first-order valence-corrected chi connectivity index (χ1v) is 14.8. The predicted molar refractivity (Wildman–Crippen MR) is 127 cm³/mol. The van der Waals surface area contributed by atoms with Gasteiger partial charge in [-0.2, -0.15) is 0 Å². The molecule has 1 heterocycles. The van der Waals surface area contributed by atoms with Gasteiger partial charge in [-0.05, 0) is 25.9 Å². The minimum atomic E-state index is -4.27. The van der Waals surface area contributed by atoms with Gasteiger partial charge >= 0.3 is 7.52 Å². The van der Waals surface area contributed by atoms with Crippen molar-refractivity contribution in [2.45, 2.75) is 64.6 Å². The van der Waals surface area contributed by atoms with Crippen LogP contribution < -0.4 is 5.32 Å². The minimum Gasteiger partial charge on any atom is -0.331 e. The third-order valence-corrected chi connectivity index (χ3v) is 14.9. The minimum absolute atomic E-state index is 0.294. The van der Waals surface area contributed by atoms with Gasteiger partial charge in [0.1, 0.15) is 0 Å². The van der Waals surface area contributed by atoms with Crippen LogP contribution in [-0.4, -0.2) is 75.1 Å². The van der Waals surface area contributed by atoms with Crippen LogP contribution in [0, 0.1) is 0 Å². The van der Waals surface area contributed by atoms with Crippen molar-refractivity contribution in [2.75, 3.05) is 52.4 Å². The lowest BCUT2D eigenvalue weighted by molar-refractivity contribution is 0.340. The summed E-state index contributed by atoms with van der Waals surface area (Å²) in [4.78, 5) is 10.7. The van der Waals surface area contributed by atoms with E-state index in [0.717, 1.165) is 0 Å². The van der Waals surface area contributed by atoms with E-state index in [1.807, 2.05) is 27.7 Å². The van der Waals surface area contributed by atoms with E-state index < -0.39 is 18.8 Å². The first kappa shape index (κ1) is 29.8. The quantitative estimate of drug-likeness (QED) is 0.300. The van der Waals surface area contributed by atoms with E-state index in [0.29, 0.717) is 39.3 Å². The van der Waals surface area contributed by atoms with Crippen molar-refractivity contribution >= 4 is 38.2 Å². The van der Waals surface area contributed by atoms with Gasteiger partial charge in [0.15, 0.2) is 0 Å². The van der Waals surface area contributed by atoms with Gasteiger partial charge in [-0.25, -0.2) is 14.0 Å². The Bertz CT molecular complexity index is 512. The Labute approximate surface area is 188 Å². The summed E-state index contributed by atoms with van der Waals surface area (Å²) in [5.74, 6) is 0. The van der Waals surface area contributed by atoms with Gasteiger partial charge in [0.05, 0.1) is 0 Å². The maximum atomic E-state index is 14.0. The Morgan fingerprint density at radius 1 is 0.759 bits per heavy atom. The number of hydrogen-bond donors (Lipinski definition) is 2. The molecule has 176 valence electrons. The molecule has 0 aromatic rings. The number of rotatable bonds is 11. The molecule has 29 heavy (non-hydrogen) atoms. The molecule has 0 aromatic carbocycles. The van der Waals surface area contributed by atoms with Gasteiger partial charge in [0.25, 0.3) is 11.3 Å². The van der Waals surface area contributed by atoms with E-state index in [1.165, 1.54) is 37.0 Å². The van der Waals surface area contributed by atoms with Gasteiger partial charge in [0.2, 0.25) is 0 Å². The van der Waals surface area contributed by atoms with Crippen molar-refractivity contribution in [3.05, 3.63) is 0 Å². The zero-order chi connectivity index (χ0) is 22.7. The topological polar surface area (TPSA) is 76.1 Å². The van der Waals surface area contributed by atoms with Crippen molar-refractivity contribution in [2.24, 2.45) is 0 Å². The Balaban J connectivity index is 0.00000110. The number of nitrogens with one attached hydrogen (secondary N) is 1. The second-order valence-electron chi connectivity index (χ2n) is 6.82. The van der Waals surface area contributed by atoms with Crippen LogP contribution in [0.2, 0.25) is 0 Å². The average molecular weight is 495 g/mol. The van der Waals surface area contributed by atoms with Gasteiger partial charge in [0, 0.05) is 39.3 Å². The van der Waals surface area contributed by atoms with Crippen molar-refractivity contribution < 1.29 is 14.0 Å². The van der Waals surface area contributed by atoms with E-state index in [2.05, 4.69) is 5.32 Å². The molecule has 0 aliphatic carbocycles. The van der Waals surface area contributed by atoms with Crippen LogP contribution in [-0.2, 0) is 9.13 Å². The number of piperidine rings is 1. The summed E-state index contributed by atoms with van der Waals surface area (Å²) >= 11 is 12.9. The highest BCUT2D eigenvalue weighted by Crippen LogP contribution is 2.81. The van der Waals surface area contributed by atoms with E-state index in [-0.39, 0.29) is 0 Å². The summed E-state index contributed by atoms with van der Waals surface area (Å²) in [5, 5.41) is 3.28. The summed E-state index contributed by atoms with van der Waals surface area (Å²) < 4.78 is 29.3. The normalized spacial score (nSPS) is 17.9. The molecule has 0 aromatic heterocycles. The Kier molecular flexibility index (Phi) is 14.5. The molecule has 0 radical (unpaired) electrons. The fourth-order valence-electron chi connectivity index (χ4n) is 3.48.